The largest absolute Gasteiger partial charge is 0.386 e. The maximum atomic E-state index is 9.72. The summed E-state index contributed by atoms with van der Waals surface area (Å²) in [5, 5.41) is 9.72. The highest BCUT2D eigenvalue weighted by Crippen LogP contribution is 2.25. The molecule has 0 aromatic carbocycles. The van der Waals surface area contributed by atoms with Crippen molar-refractivity contribution in [3.05, 3.63) is 23.0 Å². The van der Waals surface area contributed by atoms with Crippen LogP contribution < -0.4 is 0 Å². The standard InChI is InChI=1S/C9H15NO/c1-6-5-10-7(2)8(6)9(3,4)11/h5,10-11H,1-4H3. The summed E-state index contributed by atoms with van der Waals surface area (Å²) in [6.07, 6.45) is 1.92. The van der Waals surface area contributed by atoms with Gasteiger partial charge in [-0.05, 0) is 33.3 Å². The van der Waals surface area contributed by atoms with Gasteiger partial charge in [-0.25, -0.2) is 0 Å². The Kier molecular flexibility index (Phi) is 1.80. The number of aromatic amines is 1. The molecule has 2 heteroatoms. The lowest BCUT2D eigenvalue weighted by Gasteiger charge is -2.18. The Hall–Kier alpha value is -0.760. The van der Waals surface area contributed by atoms with Crippen molar-refractivity contribution in [1.29, 1.82) is 0 Å². The quantitative estimate of drug-likeness (QED) is 0.634. The summed E-state index contributed by atoms with van der Waals surface area (Å²) in [7, 11) is 0. The molecular formula is C9H15NO. The second kappa shape index (κ2) is 2.38. The minimum absolute atomic E-state index is 0.728. The molecule has 0 aliphatic heterocycles. The van der Waals surface area contributed by atoms with Crippen molar-refractivity contribution >= 4 is 0 Å². The van der Waals surface area contributed by atoms with Gasteiger partial charge in [0.15, 0.2) is 0 Å². The Morgan fingerprint density at radius 1 is 1.36 bits per heavy atom. The molecular weight excluding hydrogens is 138 g/mol. The van der Waals surface area contributed by atoms with Crippen LogP contribution in [0.1, 0.15) is 30.7 Å². The molecule has 0 radical (unpaired) electrons. The van der Waals surface area contributed by atoms with E-state index in [9.17, 15) is 5.11 Å². The zero-order valence-corrected chi connectivity index (χ0v) is 7.52. The third-order valence-corrected chi connectivity index (χ3v) is 1.89. The topological polar surface area (TPSA) is 36.0 Å². The van der Waals surface area contributed by atoms with Crippen molar-refractivity contribution in [2.45, 2.75) is 33.3 Å². The smallest absolute Gasteiger partial charge is 0.0860 e. The first kappa shape index (κ1) is 8.34. The minimum atomic E-state index is -0.728. The molecule has 62 valence electrons. The average Bonchev–Trinajstić information content (AvgIpc) is 2.08. The molecule has 0 aliphatic carbocycles. The fourth-order valence-corrected chi connectivity index (χ4v) is 1.60. The van der Waals surface area contributed by atoms with Gasteiger partial charge in [0.05, 0.1) is 5.60 Å². The Morgan fingerprint density at radius 3 is 2.09 bits per heavy atom. The van der Waals surface area contributed by atoms with Gasteiger partial charge in [0.2, 0.25) is 0 Å². The summed E-state index contributed by atoms with van der Waals surface area (Å²) in [6.45, 7) is 7.57. The normalized spacial score (nSPS) is 12.1. The van der Waals surface area contributed by atoms with E-state index in [2.05, 4.69) is 4.98 Å². The van der Waals surface area contributed by atoms with Crippen LogP contribution in [0, 0.1) is 13.8 Å². The predicted molar refractivity (Wildman–Crippen MR) is 45.5 cm³/mol. The molecule has 1 rings (SSSR count). The summed E-state index contributed by atoms with van der Waals surface area (Å²) in [5.41, 5.74) is 2.45. The SMILES string of the molecule is Cc1c[nH]c(C)c1C(C)(C)O. The van der Waals surface area contributed by atoms with Gasteiger partial charge in [0.1, 0.15) is 0 Å². The summed E-state index contributed by atoms with van der Waals surface area (Å²) in [4.78, 5) is 3.08. The lowest BCUT2D eigenvalue weighted by Crippen LogP contribution is -2.17. The van der Waals surface area contributed by atoms with E-state index in [-0.39, 0.29) is 0 Å². The summed E-state index contributed by atoms with van der Waals surface area (Å²) >= 11 is 0. The van der Waals surface area contributed by atoms with Gasteiger partial charge in [-0.2, -0.15) is 0 Å². The lowest BCUT2D eigenvalue weighted by molar-refractivity contribution is 0.0774. The molecule has 0 saturated carbocycles. The average molecular weight is 153 g/mol. The summed E-state index contributed by atoms with van der Waals surface area (Å²) in [6, 6.07) is 0. The maximum Gasteiger partial charge on any atom is 0.0860 e. The van der Waals surface area contributed by atoms with Crippen molar-refractivity contribution in [3.63, 3.8) is 0 Å². The molecule has 2 N–H and O–H groups in total. The first-order valence-corrected chi connectivity index (χ1v) is 3.80. The van der Waals surface area contributed by atoms with Gasteiger partial charge < -0.3 is 10.1 Å². The van der Waals surface area contributed by atoms with Crippen molar-refractivity contribution in [2.75, 3.05) is 0 Å². The Balaban J connectivity index is 3.21. The van der Waals surface area contributed by atoms with Gasteiger partial charge in [-0.3, -0.25) is 0 Å². The minimum Gasteiger partial charge on any atom is -0.386 e. The molecule has 1 aromatic heterocycles. The first-order valence-electron chi connectivity index (χ1n) is 3.80. The molecule has 0 amide bonds. The monoisotopic (exact) mass is 153 g/mol. The second-order valence-corrected chi connectivity index (χ2v) is 3.53. The van der Waals surface area contributed by atoms with Crippen LogP contribution in [0.25, 0.3) is 0 Å². The number of aliphatic hydroxyl groups is 1. The molecule has 1 heterocycles. The number of aryl methyl sites for hydroxylation is 2. The predicted octanol–water partition coefficient (Wildman–Crippen LogP) is 1.86. The first-order chi connectivity index (χ1) is 4.93. The van der Waals surface area contributed by atoms with Crippen LogP contribution in [0.2, 0.25) is 0 Å². The zero-order chi connectivity index (χ0) is 8.65. The van der Waals surface area contributed by atoms with E-state index in [1.807, 2.05) is 20.0 Å². The fraction of sp³-hybridized carbons (Fsp3) is 0.556. The lowest BCUT2D eigenvalue weighted by atomic mass is 9.95. The maximum absolute atomic E-state index is 9.72. The Labute approximate surface area is 67.3 Å². The van der Waals surface area contributed by atoms with Gasteiger partial charge in [-0.15, -0.1) is 0 Å². The van der Waals surface area contributed by atoms with Crippen LogP contribution in [0.5, 0.6) is 0 Å². The molecule has 0 unspecified atom stereocenters. The molecule has 11 heavy (non-hydrogen) atoms. The molecule has 0 atom stereocenters. The van der Waals surface area contributed by atoms with Gasteiger partial charge in [0, 0.05) is 17.5 Å². The van der Waals surface area contributed by atoms with E-state index in [1.54, 1.807) is 13.8 Å². The number of hydrogen-bond acceptors (Lipinski definition) is 1. The van der Waals surface area contributed by atoms with E-state index in [0.717, 1.165) is 16.8 Å². The molecule has 1 aromatic rings. The molecule has 0 aliphatic rings. The van der Waals surface area contributed by atoms with Crippen molar-refractivity contribution in [3.8, 4) is 0 Å². The Morgan fingerprint density at radius 2 is 1.91 bits per heavy atom. The molecule has 0 bridgehead atoms. The summed E-state index contributed by atoms with van der Waals surface area (Å²) in [5.74, 6) is 0. The van der Waals surface area contributed by atoms with Crippen LogP contribution in [-0.4, -0.2) is 10.1 Å². The highest BCUT2D eigenvalue weighted by atomic mass is 16.3. The van der Waals surface area contributed by atoms with E-state index in [0.29, 0.717) is 0 Å². The number of aromatic nitrogens is 1. The highest BCUT2D eigenvalue weighted by molar-refractivity contribution is 5.33. The third kappa shape index (κ3) is 1.46. The van der Waals surface area contributed by atoms with Gasteiger partial charge >= 0.3 is 0 Å². The van der Waals surface area contributed by atoms with Crippen molar-refractivity contribution < 1.29 is 5.11 Å². The van der Waals surface area contributed by atoms with Crippen LogP contribution >= 0.6 is 0 Å². The van der Waals surface area contributed by atoms with Crippen molar-refractivity contribution in [1.82, 2.24) is 4.98 Å². The Bertz CT molecular complexity index is 236. The number of rotatable bonds is 1. The number of H-pyrrole nitrogens is 1. The summed E-state index contributed by atoms with van der Waals surface area (Å²) < 4.78 is 0. The molecule has 0 fully saturated rings. The third-order valence-electron chi connectivity index (χ3n) is 1.89. The van der Waals surface area contributed by atoms with Gasteiger partial charge in [-0.1, -0.05) is 0 Å². The second-order valence-electron chi connectivity index (χ2n) is 3.53. The molecule has 2 nitrogen and oxygen atoms in total. The van der Waals surface area contributed by atoms with E-state index in [1.165, 1.54) is 0 Å². The van der Waals surface area contributed by atoms with Gasteiger partial charge in [0.25, 0.3) is 0 Å². The van der Waals surface area contributed by atoms with E-state index in [4.69, 9.17) is 0 Å². The van der Waals surface area contributed by atoms with E-state index >= 15 is 0 Å². The van der Waals surface area contributed by atoms with Crippen LogP contribution in [0.15, 0.2) is 6.20 Å². The fourth-order valence-electron chi connectivity index (χ4n) is 1.60. The molecule has 0 spiro atoms. The van der Waals surface area contributed by atoms with Crippen molar-refractivity contribution in [2.24, 2.45) is 0 Å². The molecule has 0 saturated heterocycles. The van der Waals surface area contributed by atoms with Crippen LogP contribution in [0.3, 0.4) is 0 Å². The zero-order valence-electron chi connectivity index (χ0n) is 7.52. The number of hydrogen-bond donors (Lipinski definition) is 2. The van der Waals surface area contributed by atoms with Crippen LogP contribution in [-0.2, 0) is 5.60 Å². The number of nitrogens with one attached hydrogen (secondary N) is 1. The highest BCUT2D eigenvalue weighted by Gasteiger charge is 2.21. The van der Waals surface area contributed by atoms with Crippen LogP contribution in [0.4, 0.5) is 0 Å². The van der Waals surface area contributed by atoms with E-state index < -0.39 is 5.60 Å².